The highest BCUT2D eigenvalue weighted by molar-refractivity contribution is 5.96. The van der Waals surface area contributed by atoms with Crippen LogP contribution in [0.1, 0.15) is 45.7 Å². The van der Waals surface area contributed by atoms with Gasteiger partial charge in [0, 0.05) is 23.8 Å². The van der Waals surface area contributed by atoms with Crippen LogP contribution < -0.4 is 10.6 Å². The lowest BCUT2D eigenvalue weighted by molar-refractivity contribution is 0.0696. The Kier molecular flexibility index (Phi) is 5.58. The smallest absolute Gasteiger partial charge is 0.335 e. The van der Waals surface area contributed by atoms with Gasteiger partial charge in [-0.05, 0) is 62.2 Å². The van der Waals surface area contributed by atoms with E-state index in [1.54, 1.807) is 24.3 Å². The molecule has 2 aromatic rings. The molecule has 0 heterocycles. The molecule has 2 rings (SSSR count). The van der Waals surface area contributed by atoms with Gasteiger partial charge in [-0.3, -0.25) is 4.79 Å². The summed E-state index contributed by atoms with van der Waals surface area (Å²) in [5, 5.41) is 15.1. The molecular weight excluding hydrogens is 304 g/mol. The van der Waals surface area contributed by atoms with Crippen LogP contribution in [-0.2, 0) is 6.54 Å². The molecule has 0 atom stereocenters. The molecular formula is C19H22N2O3. The van der Waals surface area contributed by atoms with Crippen LogP contribution in [0.5, 0.6) is 0 Å². The van der Waals surface area contributed by atoms with Gasteiger partial charge in [0.2, 0.25) is 0 Å². The van der Waals surface area contributed by atoms with Crippen LogP contribution in [-0.4, -0.2) is 23.0 Å². The van der Waals surface area contributed by atoms with Crippen molar-refractivity contribution < 1.29 is 14.7 Å². The largest absolute Gasteiger partial charge is 0.478 e. The van der Waals surface area contributed by atoms with Crippen molar-refractivity contribution in [2.45, 2.75) is 33.4 Å². The first-order valence-electron chi connectivity index (χ1n) is 7.84. The molecule has 0 bridgehead atoms. The zero-order valence-electron chi connectivity index (χ0n) is 14.1. The predicted octanol–water partition coefficient (Wildman–Crippen LogP) is 3.44. The lowest BCUT2D eigenvalue weighted by Crippen LogP contribution is -2.30. The van der Waals surface area contributed by atoms with Crippen molar-refractivity contribution in [3.05, 3.63) is 64.7 Å². The van der Waals surface area contributed by atoms with Crippen molar-refractivity contribution in [2.24, 2.45) is 0 Å². The molecule has 126 valence electrons. The average Bonchev–Trinajstić information content (AvgIpc) is 2.52. The second-order valence-corrected chi connectivity index (χ2v) is 6.02. The number of benzene rings is 2. The van der Waals surface area contributed by atoms with Crippen molar-refractivity contribution in [1.29, 1.82) is 0 Å². The number of carbonyl (C=O) groups excluding carboxylic acids is 1. The number of aryl methyl sites for hydroxylation is 1. The minimum Gasteiger partial charge on any atom is -0.478 e. The summed E-state index contributed by atoms with van der Waals surface area (Å²) in [6.07, 6.45) is 0. The Morgan fingerprint density at radius 3 is 2.50 bits per heavy atom. The summed E-state index contributed by atoms with van der Waals surface area (Å²) < 4.78 is 0. The van der Waals surface area contributed by atoms with Crippen LogP contribution in [0.2, 0.25) is 0 Å². The zero-order valence-corrected chi connectivity index (χ0v) is 14.1. The molecule has 0 saturated carbocycles. The average molecular weight is 326 g/mol. The van der Waals surface area contributed by atoms with Gasteiger partial charge >= 0.3 is 5.97 Å². The monoisotopic (exact) mass is 326 g/mol. The highest BCUT2D eigenvalue weighted by Gasteiger charge is 2.10. The molecule has 3 N–H and O–H groups in total. The van der Waals surface area contributed by atoms with Gasteiger partial charge in [-0.15, -0.1) is 0 Å². The van der Waals surface area contributed by atoms with E-state index in [-0.39, 0.29) is 17.5 Å². The molecule has 24 heavy (non-hydrogen) atoms. The molecule has 0 aliphatic carbocycles. The molecule has 0 spiro atoms. The summed E-state index contributed by atoms with van der Waals surface area (Å²) in [6, 6.07) is 12.5. The van der Waals surface area contributed by atoms with Gasteiger partial charge in [-0.25, -0.2) is 4.79 Å². The lowest BCUT2D eigenvalue weighted by atomic mass is 10.1. The number of rotatable bonds is 6. The summed E-state index contributed by atoms with van der Waals surface area (Å²) in [5.74, 6) is -1.02. The van der Waals surface area contributed by atoms with E-state index in [9.17, 15) is 9.59 Å². The molecule has 0 aliphatic rings. The number of hydrogen-bond donors (Lipinski definition) is 3. The number of nitrogens with one attached hydrogen (secondary N) is 2. The maximum Gasteiger partial charge on any atom is 0.335 e. The summed E-state index contributed by atoms with van der Waals surface area (Å²) in [6.45, 7) is 6.26. The Morgan fingerprint density at radius 1 is 1.12 bits per heavy atom. The zero-order chi connectivity index (χ0) is 17.7. The maximum absolute atomic E-state index is 12.1. The first-order chi connectivity index (χ1) is 11.4. The topological polar surface area (TPSA) is 78.4 Å². The van der Waals surface area contributed by atoms with Crippen LogP contribution in [0.3, 0.4) is 0 Å². The fourth-order valence-corrected chi connectivity index (χ4v) is 2.39. The van der Waals surface area contributed by atoms with Crippen LogP contribution in [0, 0.1) is 6.92 Å². The van der Waals surface area contributed by atoms with E-state index in [1.807, 2.05) is 39.0 Å². The summed E-state index contributed by atoms with van der Waals surface area (Å²) >= 11 is 0. The van der Waals surface area contributed by atoms with E-state index in [4.69, 9.17) is 5.11 Å². The molecule has 5 heteroatoms. The van der Waals surface area contributed by atoms with E-state index in [0.29, 0.717) is 12.1 Å². The minimum atomic E-state index is -0.937. The molecule has 0 aliphatic heterocycles. The van der Waals surface area contributed by atoms with Crippen molar-refractivity contribution in [1.82, 2.24) is 5.32 Å². The van der Waals surface area contributed by atoms with Gasteiger partial charge in [-0.2, -0.15) is 0 Å². The predicted molar refractivity (Wildman–Crippen MR) is 94.5 cm³/mol. The van der Waals surface area contributed by atoms with Gasteiger partial charge in [-0.1, -0.05) is 12.1 Å². The lowest BCUT2D eigenvalue weighted by Gasteiger charge is -2.13. The molecule has 0 radical (unpaired) electrons. The maximum atomic E-state index is 12.1. The number of aromatic carboxylic acids is 1. The molecule has 0 saturated heterocycles. The summed E-state index contributed by atoms with van der Waals surface area (Å²) in [7, 11) is 0. The number of amides is 1. The SMILES string of the molecule is Cc1cc(NCc2cccc(C(=O)O)c2)ccc1C(=O)NC(C)C. The number of hydrogen-bond acceptors (Lipinski definition) is 3. The van der Waals surface area contributed by atoms with E-state index >= 15 is 0 Å². The Balaban J connectivity index is 2.06. The number of carbonyl (C=O) groups is 2. The molecule has 0 fully saturated rings. The fraction of sp³-hybridized carbons (Fsp3) is 0.263. The Bertz CT molecular complexity index is 754. The third kappa shape index (κ3) is 4.59. The minimum absolute atomic E-state index is 0.0804. The normalized spacial score (nSPS) is 10.5. The summed E-state index contributed by atoms with van der Waals surface area (Å²) in [5.41, 5.74) is 3.58. The van der Waals surface area contributed by atoms with Gasteiger partial charge in [0.15, 0.2) is 0 Å². The van der Waals surface area contributed by atoms with Gasteiger partial charge < -0.3 is 15.7 Å². The van der Waals surface area contributed by atoms with Crippen molar-refractivity contribution in [3.63, 3.8) is 0 Å². The van der Waals surface area contributed by atoms with Crippen LogP contribution in [0.15, 0.2) is 42.5 Å². The van der Waals surface area contributed by atoms with E-state index < -0.39 is 5.97 Å². The second kappa shape index (κ2) is 7.64. The molecule has 1 amide bonds. The first kappa shape index (κ1) is 17.5. The highest BCUT2D eigenvalue weighted by Crippen LogP contribution is 2.17. The van der Waals surface area contributed by atoms with Crippen molar-refractivity contribution in [3.8, 4) is 0 Å². The number of carboxylic acids is 1. The molecule has 0 aromatic heterocycles. The Hall–Kier alpha value is -2.82. The second-order valence-electron chi connectivity index (χ2n) is 6.02. The van der Waals surface area contributed by atoms with Crippen LogP contribution >= 0.6 is 0 Å². The number of carboxylic acid groups (broad SMARTS) is 1. The van der Waals surface area contributed by atoms with Crippen LogP contribution in [0.4, 0.5) is 5.69 Å². The third-order valence-corrected chi connectivity index (χ3v) is 3.56. The van der Waals surface area contributed by atoms with E-state index in [1.165, 1.54) is 0 Å². The van der Waals surface area contributed by atoms with Crippen molar-refractivity contribution >= 4 is 17.6 Å². The first-order valence-corrected chi connectivity index (χ1v) is 7.84. The van der Waals surface area contributed by atoms with Gasteiger partial charge in [0.25, 0.3) is 5.91 Å². The van der Waals surface area contributed by atoms with Crippen molar-refractivity contribution in [2.75, 3.05) is 5.32 Å². The fourth-order valence-electron chi connectivity index (χ4n) is 2.39. The number of anilines is 1. The van der Waals surface area contributed by atoms with E-state index in [0.717, 1.165) is 16.8 Å². The van der Waals surface area contributed by atoms with Gasteiger partial charge in [0.1, 0.15) is 0 Å². The Morgan fingerprint density at radius 2 is 1.88 bits per heavy atom. The molecule has 2 aromatic carbocycles. The standard InChI is InChI=1S/C19H22N2O3/c1-12(2)21-18(22)17-8-7-16(9-13(17)3)20-11-14-5-4-6-15(10-14)19(23)24/h4-10,12,20H,11H2,1-3H3,(H,21,22)(H,23,24). The highest BCUT2D eigenvalue weighted by atomic mass is 16.4. The molecule has 0 unspecified atom stereocenters. The van der Waals surface area contributed by atoms with E-state index in [2.05, 4.69) is 10.6 Å². The third-order valence-electron chi connectivity index (χ3n) is 3.56. The quantitative estimate of drug-likeness (QED) is 0.760. The Labute approximate surface area is 141 Å². The van der Waals surface area contributed by atoms with Crippen LogP contribution in [0.25, 0.3) is 0 Å². The molecule has 5 nitrogen and oxygen atoms in total. The van der Waals surface area contributed by atoms with Gasteiger partial charge in [0.05, 0.1) is 5.56 Å². The summed E-state index contributed by atoms with van der Waals surface area (Å²) in [4.78, 5) is 23.1.